The third-order valence-electron chi connectivity index (χ3n) is 3.60. The van der Waals surface area contributed by atoms with Gasteiger partial charge in [-0.05, 0) is 48.9 Å². The Morgan fingerprint density at radius 3 is 2.36 bits per heavy atom. The number of aryl methyl sites for hydroxylation is 1. The maximum Gasteiger partial charge on any atom is 0.159 e. The van der Waals surface area contributed by atoms with E-state index in [1.165, 1.54) is 6.33 Å². The zero-order valence-electron chi connectivity index (χ0n) is 13.9. The van der Waals surface area contributed by atoms with Crippen LogP contribution in [0.5, 0.6) is 5.75 Å². The Hall–Kier alpha value is -2.80. The van der Waals surface area contributed by atoms with Gasteiger partial charge in [-0.25, -0.2) is 9.97 Å². The summed E-state index contributed by atoms with van der Waals surface area (Å²) >= 11 is 3.41. The summed E-state index contributed by atoms with van der Waals surface area (Å²) < 4.78 is 6.39. The summed E-state index contributed by atoms with van der Waals surface area (Å²) in [4.78, 5) is 8.47. The minimum absolute atomic E-state index is 0.425. The van der Waals surface area contributed by atoms with Crippen molar-refractivity contribution in [1.29, 1.82) is 0 Å². The summed E-state index contributed by atoms with van der Waals surface area (Å²) in [5.41, 5.74) is 9.44. The Morgan fingerprint density at radius 2 is 1.68 bits per heavy atom. The molecule has 0 aliphatic carbocycles. The van der Waals surface area contributed by atoms with Crippen LogP contribution in [0.3, 0.4) is 0 Å². The van der Waals surface area contributed by atoms with Crippen LogP contribution in [-0.4, -0.2) is 17.1 Å². The molecule has 0 unspecified atom stereocenters. The van der Waals surface area contributed by atoms with Crippen LogP contribution in [0.25, 0.3) is 0 Å². The fourth-order valence-corrected chi connectivity index (χ4v) is 2.58. The molecular weight excluding hydrogens is 382 g/mol. The number of anilines is 5. The van der Waals surface area contributed by atoms with E-state index in [1.807, 2.05) is 49.4 Å². The van der Waals surface area contributed by atoms with Crippen molar-refractivity contribution >= 4 is 44.6 Å². The van der Waals surface area contributed by atoms with Crippen molar-refractivity contribution in [2.45, 2.75) is 6.92 Å². The third kappa shape index (κ3) is 4.00. The standard InChI is InChI=1S/C18H18BrN5O/c1-11-3-8-15(25-2)14(9-11)24-18-16(20)17(21-10-22-18)23-13-6-4-12(19)5-7-13/h3-10H,20H2,1-2H3,(H2,21,22,23,24). The normalized spacial score (nSPS) is 10.4. The van der Waals surface area contributed by atoms with E-state index in [0.717, 1.165) is 21.4 Å². The van der Waals surface area contributed by atoms with Crippen LogP contribution < -0.4 is 21.1 Å². The van der Waals surface area contributed by atoms with E-state index in [2.05, 4.69) is 36.5 Å². The van der Waals surface area contributed by atoms with Crippen LogP contribution in [0.2, 0.25) is 0 Å². The zero-order valence-corrected chi connectivity index (χ0v) is 15.5. The first-order valence-electron chi connectivity index (χ1n) is 7.61. The summed E-state index contributed by atoms with van der Waals surface area (Å²) in [5, 5.41) is 6.42. The zero-order chi connectivity index (χ0) is 17.8. The van der Waals surface area contributed by atoms with Crippen molar-refractivity contribution in [1.82, 2.24) is 9.97 Å². The lowest BCUT2D eigenvalue weighted by Gasteiger charge is -2.15. The molecule has 0 bridgehead atoms. The first kappa shape index (κ1) is 17.0. The van der Waals surface area contributed by atoms with Crippen LogP contribution in [0.15, 0.2) is 53.3 Å². The number of benzene rings is 2. The number of ether oxygens (including phenoxy) is 1. The smallest absolute Gasteiger partial charge is 0.159 e. The van der Waals surface area contributed by atoms with Crippen LogP contribution in [0, 0.1) is 6.92 Å². The van der Waals surface area contributed by atoms with Gasteiger partial charge in [0, 0.05) is 10.2 Å². The van der Waals surface area contributed by atoms with Gasteiger partial charge in [0.15, 0.2) is 11.6 Å². The minimum Gasteiger partial charge on any atom is -0.495 e. The number of rotatable bonds is 5. The van der Waals surface area contributed by atoms with Crippen LogP contribution in [0.1, 0.15) is 5.56 Å². The predicted molar refractivity (Wildman–Crippen MR) is 105 cm³/mol. The first-order chi connectivity index (χ1) is 12.1. The van der Waals surface area contributed by atoms with Gasteiger partial charge in [-0.15, -0.1) is 0 Å². The molecule has 4 N–H and O–H groups in total. The van der Waals surface area contributed by atoms with E-state index >= 15 is 0 Å². The van der Waals surface area contributed by atoms with Crippen molar-refractivity contribution in [3.05, 3.63) is 58.8 Å². The molecule has 1 aromatic heterocycles. The topological polar surface area (TPSA) is 85.1 Å². The number of hydrogen-bond acceptors (Lipinski definition) is 6. The molecule has 25 heavy (non-hydrogen) atoms. The van der Waals surface area contributed by atoms with Gasteiger partial charge >= 0.3 is 0 Å². The molecule has 0 radical (unpaired) electrons. The van der Waals surface area contributed by atoms with Gasteiger partial charge in [0.05, 0.1) is 12.8 Å². The quantitative estimate of drug-likeness (QED) is 0.579. The van der Waals surface area contributed by atoms with Gasteiger partial charge < -0.3 is 21.1 Å². The molecule has 6 nitrogen and oxygen atoms in total. The molecule has 0 saturated carbocycles. The highest BCUT2D eigenvalue weighted by Crippen LogP contribution is 2.32. The maximum atomic E-state index is 6.24. The highest BCUT2D eigenvalue weighted by molar-refractivity contribution is 9.10. The van der Waals surface area contributed by atoms with Gasteiger partial charge in [0.1, 0.15) is 17.8 Å². The largest absolute Gasteiger partial charge is 0.495 e. The highest BCUT2D eigenvalue weighted by Gasteiger charge is 2.11. The average molecular weight is 400 g/mol. The molecule has 0 spiro atoms. The average Bonchev–Trinajstić information content (AvgIpc) is 2.60. The summed E-state index contributed by atoms with van der Waals surface area (Å²) in [6.45, 7) is 2.01. The second-order valence-electron chi connectivity index (χ2n) is 5.45. The number of halogens is 1. The second-order valence-corrected chi connectivity index (χ2v) is 6.36. The van der Waals surface area contributed by atoms with E-state index in [4.69, 9.17) is 10.5 Å². The molecular formula is C18H18BrN5O. The van der Waals surface area contributed by atoms with E-state index in [1.54, 1.807) is 7.11 Å². The fraction of sp³-hybridized carbons (Fsp3) is 0.111. The molecule has 0 fully saturated rings. The van der Waals surface area contributed by atoms with Crippen molar-refractivity contribution in [3.63, 3.8) is 0 Å². The molecule has 0 saturated heterocycles. The second kappa shape index (κ2) is 7.40. The molecule has 2 aromatic carbocycles. The highest BCUT2D eigenvalue weighted by atomic mass is 79.9. The van der Waals surface area contributed by atoms with Gasteiger partial charge in [0.25, 0.3) is 0 Å². The molecule has 3 rings (SSSR count). The van der Waals surface area contributed by atoms with Crippen molar-refractivity contribution < 1.29 is 4.74 Å². The Morgan fingerprint density at radius 1 is 1.00 bits per heavy atom. The van der Waals surface area contributed by atoms with E-state index in [9.17, 15) is 0 Å². The first-order valence-corrected chi connectivity index (χ1v) is 8.41. The van der Waals surface area contributed by atoms with Crippen LogP contribution >= 0.6 is 15.9 Å². The Kier molecular flexibility index (Phi) is 5.04. The predicted octanol–water partition coefficient (Wildman–Crippen LogP) is 4.63. The molecule has 128 valence electrons. The monoisotopic (exact) mass is 399 g/mol. The van der Waals surface area contributed by atoms with E-state index in [-0.39, 0.29) is 0 Å². The molecule has 3 aromatic rings. The van der Waals surface area contributed by atoms with Gasteiger partial charge in [-0.2, -0.15) is 0 Å². The number of nitrogens with one attached hydrogen (secondary N) is 2. The molecule has 0 amide bonds. The number of methoxy groups -OCH3 is 1. The molecule has 1 heterocycles. The number of hydrogen-bond donors (Lipinski definition) is 3. The molecule has 7 heteroatoms. The summed E-state index contributed by atoms with van der Waals surface area (Å²) in [6, 6.07) is 13.6. The number of nitrogens with two attached hydrogens (primary N) is 1. The van der Waals surface area contributed by atoms with Crippen LogP contribution in [-0.2, 0) is 0 Å². The number of aromatic nitrogens is 2. The Balaban J connectivity index is 1.88. The lowest BCUT2D eigenvalue weighted by Crippen LogP contribution is -2.06. The lowest BCUT2D eigenvalue weighted by molar-refractivity contribution is 0.416. The fourth-order valence-electron chi connectivity index (χ4n) is 2.31. The van der Waals surface area contributed by atoms with Crippen molar-refractivity contribution in [2.24, 2.45) is 0 Å². The Labute approximate surface area is 154 Å². The van der Waals surface area contributed by atoms with Crippen LogP contribution in [0.4, 0.5) is 28.7 Å². The maximum absolute atomic E-state index is 6.24. The molecule has 0 aliphatic rings. The van der Waals surface area contributed by atoms with Gasteiger partial charge in [0.2, 0.25) is 0 Å². The molecule has 0 aliphatic heterocycles. The number of nitrogens with zero attached hydrogens (tertiary/aromatic N) is 2. The molecule has 0 atom stereocenters. The summed E-state index contributed by atoms with van der Waals surface area (Å²) in [5.74, 6) is 1.76. The Bertz CT molecular complexity index is 883. The van der Waals surface area contributed by atoms with Crippen molar-refractivity contribution in [3.8, 4) is 5.75 Å². The lowest BCUT2D eigenvalue weighted by atomic mass is 10.2. The van der Waals surface area contributed by atoms with E-state index < -0.39 is 0 Å². The third-order valence-corrected chi connectivity index (χ3v) is 4.13. The summed E-state index contributed by atoms with van der Waals surface area (Å²) in [7, 11) is 1.62. The van der Waals surface area contributed by atoms with E-state index in [0.29, 0.717) is 23.1 Å². The van der Waals surface area contributed by atoms with Gasteiger partial charge in [-0.1, -0.05) is 22.0 Å². The minimum atomic E-state index is 0.425. The number of nitrogen functional groups attached to an aromatic ring is 1. The SMILES string of the molecule is COc1ccc(C)cc1Nc1ncnc(Nc2ccc(Br)cc2)c1N. The van der Waals surface area contributed by atoms with Crippen molar-refractivity contribution in [2.75, 3.05) is 23.5 Å². The summed E-state index contributed by atoms with van der Waals surface area (Å²) in [6.07, 6.45) is 1.46. The van der Waals surface area contributed by atoms with Gasteiger partial charge in [-0.3, -0.25) is 0 Å².